The van der Waals surface area contributed by atoms with E-state index in [1.54, 1.807) is 0 Å². The molecule has 0 unspecified atom stereocenters. The number of aromatic nitrogens is 2. The van der Waals surface area contributed by atoms with Crippen molar-refractivity contribution in [2.45, 2.75) is 58.8 Å². The fourth-order valence-electron chi connectivity index (χ4n) is 2.87. The molecule has 138 valence electrons. The molecule has 0 radical (unpaired) electrons. The van der Waals surface area contributed by atoms with Crippen LogP contribution >= 0.6 is 0 Å². The zero-order valence-corrected chi connectivity index (χ0v) is 16.8. The molecule has 1 aliphatic rings. The average Bonchev–Trinajstić information content (AvgIpc) is 2.82. The maximum atomic E-state index is 6.09. The van der Waals surface area contributed by atoms with Crippen LogP contribution in [-0.4, -0.2) is 35.3 Å². The summed E-state index contributed by atoms with van der Waals surface area (Å²) in [5.74, 6) is 0.901. The molecule has 0 spiro atoms. The van der Waals surface area contributed by atoms with Crippen LogP contribution < -0.4 is 10.4 Å². The second-order valence-corrected chi connectivity index (χ2v) is 8.06. The number of hydrogen-bond donors (Lipinski definition) is 0. The van der Waals surface area contributed by atoms with Crippen LogP contribution in [0.5, 0.6) is 0 Å². The van der Waals surface area contributed by atoms with Crippen molar-refractivity contribution >= 4 is 18.4 Å². The van der Waals surface area contributed by atoms with Gasteiger partial charge in [-0.25, -0.2) is 4.98 Å². The van der Waals surface area contributed by atoms with Crippen molar-refractivity contribution in [2.75, 3.05) is 11.9 Å². The van der Waals surface area contributed by atoms with Gasteiger partial charge in [0.05, 0.1) is 17.2 Å². The lowest BCUT2D eigenvalue weighted by molar-refractivity contribution is 0.00578. The second-order valence-electron chi connectivity index (χ2n) is 8.06. The molecule has 0 saturated carbocycles. The van der Waals surface area contributed by atoms with Gasteiger partial charge in [0.1, 0.15) is 5.82 Å². The Bertz CT molecular complexity index is 744. The summed E-state index contributed by atoms with van der Waals surface area (Å²) in [6, 6.07) is 8.37. The zero-order chi connectivity index (χ0) is 19.1. The molecule has 0 amide bonds. The van der Waals surface area contributed by atoms with Gasteiger partial charge in [-0.2, -0.15) is 0 Å². The molecule has 26 heavy (non-hydrogen) atoms. The van der Waals surface area contributed by atoms with Crippen LogP contribution in [0, 0.1) is 6.92 Å². The summed E-state index contributed by atoms with van der Waals surface area (Å²) in [4.78, 5) is 11.2. The van der Waals surface area contributed by atoms with Gasteiger partial charge in [0, 0.05) is 30.6 Å². The van der Waals surface area contributed by atoms with Gasteiger partial charge in [-0.3, -0.25) is 4.98 Å². The molecule has 1 fully saturated rings. The van der Waals surface area contributed by atoms with E-state index in [1.165, 1.54) is 0 Å². The van der Waals surface area contributed by atoms with Gasteiger partial charge in [-0.15, -0.1) is 0 Å². The van der Waals surface area contributed by atoms with Gasteiger partial charge in [0.2, 0.25) is 0 Å². The molecular weight excluding hydrogens is 325 g/mol. The first-order valence-electron chi connectivity index (χ1n) is 9.08. The first kappa shape index (κ1) is 18.9. The molecule has 6 heteroatoms. The first-order valence-corrected chi connectivity index (χ1v) is 9.08. The van der Waals surface area contributed by atoms with Gasteiger partial charge < -0.3 is 14.2 Å². The van der Waals surface area contributed by atoms with E-state index in [-0.39, 0.29) is 24.4 Å². The Morgan fingerprint density at radius 3 is 2.12 bits per heavy atom. The largest absolute Gasteiger partial charge is 0.496 e. The minimum absolute atomic E-state index is 0.179. The quantitative estimate of drug-likeness (QED) is 0.790. The molecule has 0 aliphatic carbocycles. The highest BCUT2D eigenvalue weighted by molar-refractivity contribution is 6.62. The fourth-order valence-corrected chi connectivity index (χ4v) is 2.87. The molecule has 3 rings (SSSR count). The van der Waals surface area contributed by atoms with Crippen molar-refractivity contribution in [2.24, 2.45) is 0 Å². The topological polar surface area (TPSA) is 47.5 Å². The lowest BCUT2D eigenvalue weighted by atomic mass is 9.80. The monoisotopic (exact) mass is 353 g/mol. The second kappa shape index (κ2) is 6.67. The molecular formula is C20H28BN3O2. The average molecular weight is 353 g/mol. The summed E-state index contributed by atoms with van der Waals surface area (Å²) in [6.07, 6.45) is 3.77. The predicted molar refractivity (Wildman–Crippen MR) is 106 cm³/mol. The van der Waals surface area contributed by atoms with Crippen molar-refractivity contribution in [3.8, 4) is 0 Å². The van der Waals surface area contributed by atoms with Crippen LogP contribution in [0.4, 0.5) is 5.82 Å². The van der Waals surface area contributed by atoms with E-state index in [0.29, 0.717) is 0 Å². The smallest absolute Gasteiger partial charge is 0.399 e. The summed E-state index contributed by atoms with van der Waals surface area (Å²) in [7, 11) is 1.66. The van der Waals surface area contributed by atoms with Crippen LogP contribution in [0.2, 0.25) is 0 Å². The van der Waals surface area contributed by atoms with Gasteiger partial charge in [-0.1, -0.05) is 12.1 Å². The third-order valence-electron chi connectivity index (χ3n) is 5.66. The molecule has 1 aliphatic heterocycles. The lowest BCUT2D eigenvalue weighted by Gasteiger charge is -2.32. The molecule has 5 nitrogen and oxygen atoms in total. The Balaban J connectivity index is 1.74. The van der Waals surface area contributed by atoms with E-state index in [9.17, 15) is 0 Å². The summed E-state index contributed by atoms with van der Waals surface area (Å²) in [6.45, 7) is 12.4. The Morgan fingerprint density at radius 2 is 1.62 bits per heavy atom. The van der Waals surface area contributed by atoms with Crippen LogP contribution in [0.15, 0.2) is 36.7 Å². The fraction of sp³-hybridized carbons (Fsp3) is 0.500. The molecule has 1 atom stereocenters. The van der Waals surface area contributed by atoms with Crippen molar-refractivity contribution in [3.05, 3.63) is 47.9 Å². The van der Waals surface area contributed by atoms with Crippen LogP contribution in [-0.2, 0) is 9.31 Å². The van der Waals surface area contributed by atoms with Gasteiger partial charge in [-0.05, 0) is 59.2 Å². The third-order valence-corrected chi connectivity index (χ3v) is 5.66. The Morgan fingerprint density at radius 1 is 0.962 bits per heavy atom. The van der Waals surface area contributed by atoms with Gasteiger partial charge in [0.25, 0.3) is 0 Å². The number of anilines is 1. The highest BCUT2D eigenvalue weighted by Gasteiger charge is 2.51. The van der Waals surface area contributed by atoms with Crippen LogP contribution in [0.3, 0.4) is 0 Å². The molecule has 0 bridgehead atoms. The van der Waals surface area contributed by atoms with Gasteiger partial charge in [0.15, 0.2) is 0 Å². The number of pyridine rings is 2. The maximum absolute atomic E-state index is 6.09. The molecule has 1 saturated heterocycles. The number of nitrogens with zero attached hydrogens (tertiary/aromatic N) is 3. The van der Waals surface area contributed by atoms with E-state index in [4.69, 9.17) is 9.31 Å². The van der Waals surface area contributed by atoms with Crippen molar-refractivity contribution in [3.63, 3.8) is 0 Å². The number of hydrogen-bond acceptors (Lipinski definition) is 5. The maximum Gasteiger partial charge on any atom is 0.496 e. The molecule has 2 aromatic rings. The highest BCUT2D eigenvalue weighted by Crippen LogP contribution is 2.36. The first-order chi connectivity index (χ1) is 12.1. The standard InChI is InChI=1S/C20H28BN3O2/c1-14-8-9-16(12-22-14)15(2)24(7)18-11-10-17(13-23-18)21-25-19(3,4)20(5,6)26-21/h8-13,15H,1-7H3/t15-/m0/s1. The Labute approximate surface area is 156 Å². The lowest BCUT2D eigenvalue weighted by Crippen LogP contribution is -2.41. The Kier molecular flexibility index (Phi) is 4.84. The number of rotatable bonds is 4. The summed E-state index contributed by atoms with van der Waals surface area (Å²) < 4.78 is 12.2. The minimum atomic E-state index is -0.384. The van der Waals surface area contributed by atoms with Crippen molar-refractivity contribution in [1.82, 2.24) is 9.97 Å². The minimum Gasteiger partial charge on any atom is -0.399 e. The van der Waals surface area contributed by atoms with E-state index < -0.39 is 0 Å². The normalized spacial score (nSPS) is 19.4. The summed E-state index contributed by atoms with van der Waals surface area (Å²) in [5, 5.41) is 0. The van der Waals surface area contributed by atoms with Crippen molar-refractivity contribution < 1.29 is 9.31 Å². The van der Waals surface area contributed by atoms with E-state index >= 15 is 0 Å². The molecule has 2 aromatic heterocycles. The van der Waals surface area contributed by atoms with Crippen LogP contribution in [0.1, 0.15) is 51.9 Å². The van der Waals surface area contributed by atoms with Gasteiger partial charge >= 0.3 is 7.12 Å². The Hall–Kier alpha value is -1.92. The summed E-state index contributed by atoms with van der Waals surface area (Å²) in [5.41, 5.74) is 2.43. The molecule has 3 heterocycles. The number of aryl methyl sites for hydroxylation is 1. The zero-order valence-electron chi connectivity index (χ0n) is 16.8. The third kappa shape index (κ3) is 3.48. The SMILES string of the molecule is Cc1ccc([C@H](C)N(C)c2ccc(B3OC(C)(C)C(C)(C)O3)cn2)cn1. The molecule has 0 N–H and O–H groups in total. The van der Waals surface area contributed by atoms with E-state index in [2.05, 4.69) is 55.6 Å². The van der Waals surface area contributed by atoms with Crippen molar-refractivity contribution in [1.29, 1.82) is 0 Å². The highest BCUT2D eigenvalue weighted by atomic mass is 16.7. The predicted octanol–water partition coefficient (Wildman–Crippen LogP) is 3.28. The van der Waals surface area contributed by atoms with E-state index in [0.717, 1.165) is 22.5 Å². The molecule has 0 aromatic carbocycles. The van der Waals surface area contributed by atoms with Crippen LogP contribution in [0.25, 0.3) is 0 Å². The van der Waals surface area contributed by atoms with E-state index in [1.807, 2.05) is 44.6 Å². The summed E-state index contributed by atoms with van der Waals surface area (Å²) >= 11 is 0.